The molecule has 1 aromatic carbocycles. The van der Waals surface area contributed by atoms with E-state index in [1.165, 1.54) is 5.56 Å². The largest absolute Gasteiger partial charge is 0.460 e. The van der Waals surface area contributed by atoms with Gasteiger partial charge in [-0.3, -0.25) is 0 Å². The van der Waals surface area contributed by atoms with Crippen molar-refractivity contribution in [2.45, 2.75) is 26.8 Å². The maximum Gasteiger partial charge on any atom is 0.137 e. The van der Waals surface area contributed by atoms with E-state index in [1.807, 2.05) is 18.2 Å². The number of hydrogen-bond donors (Lipinski definition) is 1. The fourth-order valence-corrected chi connectivity index (χ4v) is 2.02. The lowest BCUT2D eigenvalue weighted by molar-refractivity contribution is 0.523. The van der Waals surface area contributed by atoms with Crippen LogP contribution in [0.25, 0.3) is 11.3 Å². The summed E-state index contributed by atoms with van der Waals surface area (Å²) in [6.07, 6.45) is 0.889. The van der Waals surface area contributed by atoms with Gasteiger partial charge in [0, 0.05) is 29.7 Å². The molecule has 16 heavy (non-hydrogen) atoms. The molecule has 0 aliphatic carbocycles. The van der Waals surface area contributed by atoms with Crippen LogP contribution in [0.2, 0.25) is 0 Å². The molecule has 0 amide bonds. The Hall–Kier alpha value is -1.54. The lowest BCUT2D eigenvalue weighted by Gasteiger charge is -1.98. The van der Waals surface area contributed by atoms with Gasteiger partial charge in [0.15, 0.2) is 0 Å². The van der Waals surface area contributed by atoms with Gasteiger partial charge in [-0.15, -0.1) is 0 Å². The first-order chi connectivity index (χ1) is 7.77. The zero-order valence-electron chi connectivity index (χ0n) is 9.79. The number of furan rings is 1. The minimum Gasteiger partial charge on any atom is -0.460 e. The Morgan fingerprint density at radius 1 is 1.19 bits per heavy atom. The van der Waals surface area contributed by atoms with Gasteiger partial charge < -0.3 is 10.2 Å². The molecule has 0 unspecified atom stereocenters. The Balaban J connectivity index is 2.54. The van der Waals surface area contributed by atoms with E-state index in [2.05, 4.69) is 26.0 Å². The molecule has 0 saturated heterocycles. The second-order valence-corrected chi connectivity index (χ2v) is 3.88. The lowest BCUT2D eigenvalue weighted by atomic mass is 10.0. The van der Waals surface area contributed by atoms with Gasteiger partial charge in [0.2, 0.25) is 0 Å². The Morgan fingerprint density at radius 3 is 2.38 bits per heavy atom. The molecular formula is C14H17NO. The molecule has 1 heterocycles. The summed E-state index contributed by atoms with van der Waals surface area (Å²) < 4.78 is 5.89. The van der Waals surface area contributed by atoms with Crippen LogP contribution >= 0.6 is 0 Å². The number of aryl methyl sites for hydroxylation is 1. The molecule has 0 atom stereocenters. The van der Waals surface area contributed by atoms with E-state index in [4.69, 9.17) is 10.2 Å². The summed E-state index contributed by atoms with van der Waals surface area (Å²) in [5.41, 5.74) is 9.20. The fraction of sp³-hybridized carbons (Fsp3) is 0.286. The van der Waals surface area contributed by atoms with Crippen LogP contribution in [0, 0.1) is 6.92 Å². The van der Waals surface area contributed by atoms with Crippen molar-refractivity contribution in [1.82, 2.24) is 0 Å². The molecule has 0 aliphatic rings. The minimum atomic E-state index is 0.547. The van der Waals surface area contributed by atoms with Gasteiger partial charge in [0.25, 0.3) is 0 Å². The molecule has 2 nitrogen and oxygen atoms in total. The molecule has 0 radical (unpaired) electrons. The monoisotopic (exact) mass is 215 g/mol. The normalized spacial score (nSPS) is 10.7. The Labute approximate surface area is 96.1 Å². The summed E-state index contributed by atoms with van der Waals surface area (Å²) in [6.45, 7) is 4.71. The molecule has 2 heteroatoms. The quantitative estimate of drug-likeness (QED) is 0.853. The molecule has 2 rings (SSSR count). The molecule has 0 fully saturated rings. The Bertz CT molecular complexity index is 471. The summed E-state index contributed by atoms with van der Waals surface area (Å²) in [4.78, 5) is 0. The summed E-state index contributed by atoms with van der Waals surface area (Å²) in [5, 5.41) is 0. The van der Waals surface area contributed by atoms with Gasteiger partial charge in [-0.1, -0.05) is 37.3 Å². The summed E-state index contributed by atoms with van der Waals surface area (Å²) >= 11 is 0. The minimum absolute atomic E-state index is 0.547. The van der Waals surface area contributed by atoms with Crippen molar-refractivity contribution in [3.63, 3.8) is 0 Å². The van der Waals surface area contributed by atoms with Crippen molar-refractivity contribution in [3.8, 4) is 11.3 Å². The zero-order valence-corrected chi connectivity index (χ0v) is 9.79. The number of rotatable bonds is 3. The zero-order chi connectivity index (χ0) is 11.5. The van der Waals surface area contributed by atoms with Gasteiger partial charge in [-0.05, 0) is 6.92 Å². The van der Waals surface area contributed by atoms with E-state index >= 15 is 0 Å². The van der Waals surface area contributed by atoms with E-state index in [-0.39, 0.29) is 0 Å². The third-order valence-electron chi connectivity index (χ3n) is 2.92. The summed E-state index contributed by atoms with van der Waals surface area (Å²) in [5.74, 6) is 1.97. The fourth-order valence-electron chi connectivity index (χ4n) is 2.02. The van der Waals surface area contributed by atoms with Crippen LogP contribution in [0.15, 0.2) is 34.7 Å². The molecule has 0 spiro atoms. The molecule has 84 valence electrons. The summed E-state index contributed by atoms with van der Waals surface area (Å²) in [6, 6.07) is 10.2. The van der Waals surface area contributed by atoms with E-state index < -0.39 is 0 Å². The highest BCUT2D eigenvalue weighted by Gasteiger charge is 2.15. The first-order valence-electron chi connectivity index (χ1n) is 5.64. The van der Waals surface area contributed by atoms with Gasteiger partial charge in [-0.2, -0.15) is 0 Å². The molecule has 2 N–H and O–H groups in total. The molecule has 0 bridgehead atoms. The van der Waals surface area contributed by atoms with Crippen molar-refractivity contribution < 1.29 is 4.42 Å². The average Bonchev–Trinajstić information content (AvgIpc) is 2.66. The van der Waals surface area contributed by atoms with Gasteiger partial charge in [0.1, 0.15) is 11.5 Å². The standard InChI is InChI=1S/C14H17NO/c1-3-13-12(9-15)10(2)14(16-13)11-7-5-4-6-8-11/h4-8H,3,9,15H2,1-2H3. The SMILES string of the molecule is CCc1oc(-c2ccccc2)c(C)c1CN. The van der Waals surface area contributed by atoms with Crippen LogP contribution in [0.4, 0.5) is 0 Å². The maximum atomic E-state index is 5.89. The predicted molar refractivity (Wildman–Crippen MR) is 66.2 cm³/mol. The van der Waals surface area contributed by atoms with Crippen molar-refractivity contribution in [2.24, 2.45) is 5.73 Å². The van der Waals surface area contributed by atoms with E-state index in [9.17, 15) is 0 Å². The molecule has 1 aromatic heterocycles. The predicted octanol–water partition coefficient (Wildman–Crippen LogP) is 3.28. The van der Waals surface area contributed by atoms with Crippen LogP contribution in [0.5, 0.6) is 0 Å². The molecule has 0 aliphatic heterocycles. The van der Waals surface area contributed by atoms with Crippen LogP contribution in [0.3, 0.4) is 0 Å². The van der Waals surface area contributed by atoms with Gasteiger partial charge in [0.05, 0.1) is 0 Å². The highest BCUT2D eigenvalue weighted by atomic mass is 16.3. The van der Waals surface area contributed by atoms with Crippen molar-refractivity contribution in [3.05, 3.63) is 47.2 Å². The average molecular weight is 215 g/mol. The highest BCUT2D eigenvalue weighted by molar-refractivity contribution is 5.63. The molecular weight excluding hydrogens is 198 g/mol. The van der Waals surface area contributed by atoms with Crippen molar-refractivity contribution >= 4 is 0 Å². The van der Waals surface area contributed by atoms with Crippen molar-refractivity contribution in [2.75, 3.05) is 0 Å². The number of hydrogen-bond acceptors (Lipinski definition) is 2. The van der Waals surface area contributed by atoms with Gasteiger partial charge in [-0.25, -0.2) is 0 Å². The third kappa shape index (κ3) is 1.76. The second kappa shape index (κ2) is 4.54. The van der Waals surface area contributed by atoms with E-state index in [0.717, 1.165) is 29.1 Å². The van der Waals surface area contributed by atoms with Crippen LogP contribution in [-0.2, 0) is 13.0 Å². The van der Waals surface area contributed by atoms with Crippen LogP contribution in [-0.4, -0.2) is 0 Å². The third-order valence-corrected chi connectivity index (χ3v) is 2.92. The molecule has 0 saturated carbocycles. The Kier molecular flexibility index (Phi) is 3.11. The first-order valence-corrected chi connectivity index (χ1v) is 5.64. The topological polar surface area (TPSA) is 39.2 Å². The smallest absolute Gasteiger partial charge is 0.137 e. The number of nitrogens with two attached hydrogens (primary N) is 1. The second-order valence-electron chi connectivity index (χ2n) is 3.88. The maximum absolute atomic E-state index is 5.89. The first kappa shape index (κ1) is 11.0. The Morgan fingerprint density at radius 2 is 1.88 bits per heavy atom. The lowest BCUT2D eigenvalue weighted by Crippen LogP contribution is -1.99. The van der Waals surface area contributed by atoms with Crippen LogP contribution < -0.4 is 5.73 Å². The molecule has 2 aromatic rings. The van der Waals surface area contributed by atoms with E-state index in [0.29, 0.717) is 6.54 Å². The van der Waals surface area contributed by atoms with Crippen LogP contribution in [0.1, 0.15) is 23.8 Å². The van der Waals surface area contributed by atoms with E-state index in [1.54, 1.807) is 0 Å². The van der Waals surface area contributed by atoms with Gasteiger partial charge >= 0.3 is 0 Å². The number of benzene rings is 1. The highest BCUT2D eigenvalue weighted by Crippen LogP contribution is 2.30. The van der Waals surface area contributed by atoms with Crippen molar-refractivity contribution in [1.29, 1.82) is 0 Å². The summed E-state index contributed by atoms with van der Waals surface area (Å²) in [7, 11) is 0.